The van der Waals surface area contributed by atoms with Gasteiger partial charge in [0, 0.05) is 12.6 Å². The Hall–Kier alpha value is -1.46. The Kier molecular flexibility index (Phi) is 6.54. The van der Waals surface area contributed by atoms with Gasteiger partial charge < -0.3 is 20.5 Å². The highest BCUT2D eigenvalue weighted by Crippen LogP contribution is 2.36. The molecule has 0 saturated heterocycles. The lowest BCUT2D eigenvalue weighted by molar-refractivity contribution is -0.119. The largest absolute Gasteiger partial charge is 0.493 e. The van der Waals surface area contributed by atoms with Crippen LogP contribution >= 0.6 is 11.6 Å². The van der Waals surface area contributed by atoms with E-state index >= 15 is 0 Å². The number of amides is 1. The van der Waals surface area contributed by atoms with Crippen molar-refractivity contribution in [2.75, 3.05) is 13.7 Å². The van der Waals surface area contributed by atoms with E-state index in [1.54, 1.807) is 7.11 Å². The number of ether oxygens (including phenoxy) is 2. The van der Waals surface area contributed by atoms with Gasteiger partial charge in [-0.3, -0.25) is 4.79 Å². The molecule has 6 heteroatoms. The molecule has 1 aromatic rings. The maximum absolute atomic E-state index is 10.9. The predicted octanol–water partition coefficient (Wildman–Crippen LogP) is 2.88. The van der Waals surface area contributed by atoms with Gasteiger partial charge >= 0.3 is 0 Å². The Balaban J connectivity index is 1.99. The highest BCUT2D eigenvalue weighted by molar-refractivity contribution is 6.32. The molecule has 0 heterocycles. The third-order valence-corrected chi connectivity index (χ3v) is 4.54. The molecular weight excluding hydrogens is 316 g/mol. The van der Waals surface area contributed by atoms with E-state index in [0.717, 1.165) is 18.0 Å². The van der Waals surface area contributed by atoms with Gasteiger partial charge in [-0.15, -0.1) is 0 Å². The van der Waals surface area contributed by atoms with Crippen molar-refractivity contribution in [1.82, 2.24) is 5.32 Å². The van der Waals surface area contributed by atoms with Crippen LogP contribution in [0.2, 0.25) is 5.02 Å². The SMILES string of the molecule is COc1cc(CNC2CCC(C)CC2)cc(Cl)c1OCC(N)=O. The molecule has 3 N–H and O–H groups in total. The van der Waals surface area contributed by atoms with E-state index in [2.05, 4.69) is 12.2 Å². The fraction of sp³-hybridized carbons (Fsp3) is 0.588. The topological polar surface area (TPSA) is 73.6 Å². The fourth-order valence-electron chi connectivity index (χ4n) is 2.89. The summed E-state index contributed by atoms with van der Waals surface area (Å²) in [6.45, 7) is 2.81. The van der Waals surface area contributed by atoms with Crippen LogP contribution < -0.4 is 20.5 Å². The Bertz CT molecular complexity index is 543. The van der Waals surface area contributed by atoms with Crippen LogP contribution in [0.4, 0.5) is 0 Å². The lowest BCUT2D eigenvalue weighted by Gasteiger charge is -2.27. The van der Waals surface area contributed by atoms with Crippen molar-refractivity contribution < 1.29 is 14.3 Å². The molecule has 0 unspecified atom stereocenters. The highest BCUT2D eigenvalue weighted by Gasteiger charge is 2.18. The minimum Gasteiger partial charge on any atom is -0.493 e. The van der Waals surface area contributed by atoms with Crippen LogP contribution in [0.3, 0.4) is 0 Å². The van der Waals surface area contributed by atoms with Crippen molar-refractivity contribution in [3.63, 3.8) is 0 Å². The molecule has 0 aromatic heterocycles. The minimum atomic E-state index is -0.555. The van der Waals surface area contributed by atoms with Crippen LogP contribution in [0, 0.1) is 5.92 Å². The van der Waals surface area contributed by atoms with E-state index in [4.69, 9.17) is 26.8 Å². The van der Waals surface area contributed by atoms with E-state index in [9.17, 15) is 4.79 Å². The summed E-state index contributed by atoms with van der Waals surface area (Å²) >= 11 is 6.25. The smallest absolute Gasteiger partial charge is 0.255 e. The Morgan fingerprint density at radius 1 is 1.35 bits per heavy atom. The highest BCUT2D eigenvalue weighted by atomic mass is 35.5. The number of halogens is 1. The van der Waals surface area contributed by atoms with Crippen LogP contribution in [0.25, 0.3) is 0 Å². The quantitative estimate of drug-likeness (QED) is 0.800. The normalized spacial score (nSPS) is 21.0. The van der Waals surface area contributed by atoms with Crippen LogP contribution in [0.1, 0.15) is 38.2 Å². The first-order valence-corrected chi connectivity index (χ1v) is 8.38. The Morgan fingerprint density at radius 2 is 2.04 bits per heavy atom. The third kappa shape index (κ3) is 5.29. The predicted molar refractivity (Wildman–Crippen MR) is 91.0 cm³/mol. The van der Waals surface area contributed by atoms with Gasteiger partial charge in [-0.05, 0) is 49.3 Å². The van der Waals surface area contributed by atoms with Gasteiger partial charge in [-0.25, -0.2) is 0 Å². The van der Waals surface area contributed by atoms with Gasteiger partial charge in [0.05, 0.1) is 12.1 Å². The molecular formula is C17H25ClN2O3. The molecule has 128 valence electrons. The number of benzene rings is 1. The molecule has 2 rings (SSSR count). The second kappa shape index (κ2) is 8.41. The number of carbonyl (C=O) groups is 1. The summed E-state index contributed by atoms with van der Waals surface area (Å²) in [6, 6.07) is 4.27. The van der Waals surface area contributed by atoms with Gasteiger partial charge in [0.15, 0.2) is 18.1 Å². The Morgan fingerprint density at radius 3 is 2.65 bits per heavy atom. The standard InChI is InChI=1S/C17H25ClN2O3/c1-11-3-5-13(6-4-11)20-9-12-7-14(18)17(15(8-12)22-2)23-10-16(19)21/h7-8,11,13,20H,3-6,9-10H2,1-2H3,(H2,19,21). The van der Waals surface area contributed by atoms with Crippen LogP contribution in [0.15, 0.2) is 12.1 Å². The number of nitrogens with one attached hydrogen (secondary N) is 1. The van der Waals surface area contributed by atoms with Crippen molar-refractivity contribution in [2.45, 2.75) is 45.2 Å². The first-order chi connectivity index (χ1) is 11.0. The average Bonchev–Trinajstić information content (AvgIpc) is 2.52. The molecule has 1 aromatic carbocycles. The molecule has 1 aliphatic rings. The lowest BCUT2D eigenvalue weighted by atomic mass is 9.87. The van der Waals surface area contributed by atoms with Gasteiger partial charge in [0.2, 0.25) is 0 Å². The maximum Gasteiger partial charge on any atom is 0.255 e. The minimum absolute atomic E-state index is 0.228. The van der Waals surface area contributed by atoms with Crippen molar-refractivity contribution in [2.24, 2.45) is 11.7 Å². The molecule has 0 bridgehead atoms. The van der Waals surface area contributed by atoms with Gasteiger partial charge in [0.25, 0.3) is 5.91 Å². The van der Waals surface area contributed by atoms with Crippen LogP contribution in [-0.2, 0) is 11.3 Å². The molecule has 0 radical (unpaired) electrons. The molecule has 0 aliphatic heterocycles. The summed E-state index contributed by atoms with van der Waals surface area (Å²) in [7, 11) is 1.54. The van der Waals surface area contributed by atoms with Gasteiger partial charge in [-0.2, -0.15) is 0 Å². The van der Waals surface area contributed by atoms with Crippen molar-refractivity contribution >= 4 is 17.5 Å². The van der Waals surface area contributed by atoms with E-state index in [0.29, 0.717) is 22.6 Å². The number of carbonyl (C=O) groups excluding carboxylic acids is 1. The molecule has 23 heavy (non-hydrogen) atoms. The molecule has 1 amide bonds. The molecule has 0 atom stereocenters. The van der Waals surface area contributed by atoms with E-state index < -0.39 is 5.91 Å². The number of hydrogen-bond donors (Lipinski definition) is 2. The zero-order chi connectivity index (χ0) is 16.8. The molecule has 1 saturated carbocycles. The molecule has 0 spiro atoms. The number of primary amides is 1. The van der Waals surface area contributed by atoms with Crippen LogP contribution in [0.5, 0.6) is 11.5 Å². The van der Waals surface area contributed by atoms with Crippen molar-refractivity contribution in [1.29, 1.82) is 0 Å². The van der Waals surface area contributed by atoms with Crippen LogP contribution in [-0.4, -0.2) is 25.7 Å². The Labute approximate surface area is 142 Å². The lowest BCUT2D eigenvalue weighted by Crippen LogP contribution is -2.32. The van der Waals surface area contributed by atoms with Gasteiger partial charge in [-0.1, -0.05) is 18.5 Å². The second-order valence-corrected chi connectivity index (χ2v) is 6.61. The van der Waals surface area contributed by atoms with Crippen molar-refractivity contribution in [3.8, 4) is 11.5 Å². The first kappa shape index (κ1) is 17.9. The molecule has 1 aliphatic carbocycles. The van der Waals surface area contributed by atoms with E-state index in [-0.39, 0.29) is 6.61 Å². The average molecular weight is 341 g/mol. The second-order valence-electron chi connectivity index (χ2n) is 6.20. The third-order valence-electron chi connectivity index (χ3n) is 4.26. The number of methoxy groups -OCH3 is 1. The summed E-state index contributed by atoms with van der Waals surface area (Å²) < 4.78 is 10.6. The van der Waals surface area contributed by atoms with Crippen molar-refractivity contribution in [3.05, 3.63) is 22.7 Å². The van der Waals surface area contributed by atoms with E-state index in [1.807, 2.05) is 12.1 Å². The summed E-state index contributed by atoms with van der Waals surface area (Å²) in [5.41, 5.74) is 6.12. The number of hydrogen-bond acceptors (Lipinski definition) is 4. The zero-order valence-corrected chi connectivity index (χ0v) is 14.5. The number of nitrogens with two attached hydrogens (primary N) is 1. The summed E-state index contributed by atoms with van der Waals surface area (Å²) in [5, 5.41) is 3.99. The number of rotatable bonds is 7. The zero-order valence-electron chi connectivity index (χ0n) is 13.7. The molecule has 1 fully saturated rings. The summed E-state index contributed by atoms with van der Waals surface area (Å²) in [4.78, 5) is 10.9. The maximum atomic E-state index is 10.9. The summed E-state index contributed by atoms with van der Waals surface area (Å²) in [5.74, 6) is 1.14. The fourth-order valence-corrected chi connectivity index (χ4v) is 3.17. The molecule has 5 nitrogen and oxygen atoms in total. The van der Waals surface area contributed by atoms with Gasteiger partial charge in [0.1, 0.15) is 0 Å². The monoisotopic (exact) mass is 340 g/mol. The first-order valence-electron chi connectivity index (χ1n) is 8.00. The van der Waals surface area contributed by atoms with E-state index in [1.165, 1.54) is 25.7 Å². The summed E-state index contributed by atoms with van der Waals surface area (Å²) in [6.07, 6.45) is 4.99.